The molecule has 1 N–H and O–H groups in total. The first-order valence-corrected chi connectivity index (χ1v) is 6.25. The average Bonchev–Trinajstić information content (AvgIpc) is 2.79. The molecular formula is C15H13F3N2. The number of nitrogens with one attached hydrogen (secondary N) is 1. The van der Waals surface area contributed by atoms with Crippen molar-refractivity contribution in [2.75, 3.05) is 12.4 Å². The Bertz CT molecular complexity index is 670. The van der Waals surface area contributed by atoms with Crippen LogP contribution in [0.5, 0.6) is 0 Å². The van der Waals surface area contributed by atoms with Gasteiger partial charge in [-0.3, -0.25) is 4.90 Å². The Hall–Kier alpha value is -2.01. The maximum atomic E-state index is 13.6. The average molecular weight is 278 g/mol. The fourth-order valence-electron chi connectivity index (χ4n) is 2.42. The molecule has 1 heterocycles. The van der Waals surface area contributed by atoms with Crippen molar-refractivity contribution in [2.45, 2.75) is 13.1 Å². The molecule has 2 aromatic rings. The van der Waals surface area contributed by atoms with Crippen LogP contribution < -0.4 is 5.32 Å². The van der Waals surface area contributed by atoms with Crippen LogP contribution in [0.15, 0.2) is 30.3 Å². The van der Waals surface area contributed by atoms with Crippen LogP contribution in [-0.4, -0.2) is 11.9 Å². The Morgan fingerprint density at radius 1 is 0.950 bits per heavy atom. The first kappa shape index (κ1) is 13.0. The molecule has 0 atom stereocenters. The van der Waals surface area contributed by atoms with Gasteiger partial charge in [0.25, 0.3) is 0 Å². The Balaban J connectivity index is 1.89. The molecule has 0 spiro atoms. The summed E-state index contributed by atoms with van der Waals surface area (Å²) >= 11 is 0. The van der Waals surface area contributed by atoms with Crippen molar-refractivity contribution < 1.29 is 13.2 Å². The monoisotopic (exact) mass is 278 g/mol. The molecule has 5 heteroatoms. The molecular weight excluding hydrogens is 265 g/mol. The van der Waals surface area contributed by atoms with Crippen molar-refractivity contribution in [3.63, 3.8) is 0 Å². The molecule has 1 aliphatic rings. The maximum absolute atomic E-state index is 13.6. The third-order valence-electron chi connectivity index (χ3n) is 3.40. The second-order valence-electron chi connectivity index (χ2n) is 5.00. The van der Waals surface area contributed by atoms with E-state index in [0.717, 1.165) is 24.7 Å². The van der Waals surface area contributed by atoms with Gasteiger partial charge in [-0.15, -0.1) is 0 Å². The molecule has 0 saturated heterocycles. The van der Waals surface area contributed by atoms with Gasteiger partial charge in [-0.25, -0.2) is 13.2 Å². The quantitative estimate of drug-likeness (QED) is 0.841. The molecule has 104 valence electrons. The van der Waals surface area contributed by atoms with E-state index in [1.807, 2.05) is 19.2 Å². The van der Waals surface area contributed by atoms with Crippen molar-refractivity contribution in [2.24, 2.45) is 0 Å². The Morgan fingerprint density at radius 3 is 2.50 bits per heavy atom. The van der Waals surface area contributed by atoms with Crippen LogP contribution in [0.4, 0.5) is 24.5 Å². The summed E-state index contributed by atoms with van der Waals surface area (Å²) in [6.07, 6.45) is 0. The highest BCUT2D eigenvalue weighted by Crippen LogP contribution is 2.28. The second-order valence-corrected chi connectivity index (χ2v) is 5.00. The van der Waals surface area contributed by atoms with Crippen LogP contribution >= 0.6 is 0 Å². The van der Waals surface area contributed by atoms with Crippen molar-refractivity contribution >= 4 is 11.4 Å². The summed E-state index contributed by atoms with van der Waals surface area (Å²) in [5.41, 5.74) is 2.96. The lowest BCUT2D eigenvalue weighted by Gasteiger charge is -2.10. The van der Waals surface area contributed by atoms with Crippen LogP contribution in [0.3, 0.4) is 0 Å². The molecule has 2 aromatic carbocycles. The number of hydrogen-bond acceptors (Lipinski definition) is 2. The number of anilines is 2. The number of hydrogen-bond donors (Lipinski definition) is 1. The highest BCUT2D eigenvalue weighted by molar-refractivity contribution is 5.62. The minimum atomic E-state index is -1.46. The van der Waals surface area contributed by atoms with Crippen LogP contribution in [0.2, 0.25) is 0 Å². The van der Waals surface area contributed by atoms with E-state index < -0.39 is 17.5 Å². The maximum Gasteiger partial charge on any atom is 0.196 e. The number of rotatable bonds is 2. The van der Waals surface area contributed by atoms with Gasteiger partial charge in [0, 0.05) is 18.8 Å². The highest BCUT2D eigenvalue weighted by Gasteiger charge is 2.17. The van der Waals surface area contributed by atoms with E-state index in [0.29, 0.717) is 5.69 Å². The predicted octanol–water partition coefficient (Wildman–Crippen LogP) is 3.79. The summed E-state index contributed by atoms with van der Waals surface area (Å²) in [6.45, 7) is 1.71. The largest absolute Gasteiger partial charge is 0.353 e. The Morgan fingerprint density at radius 2 is 1.70 bits per heavy atom. The first-order chi connectivity index (χ1) is 9.54. The lowest BCUT2D eigenvalue weighted by molar-refractivity contribution is 0.353. The topological polar surface area (TPSA) is 15.3 Å². The SMILES string of the molecule is CN1Cc2ccc(Nc3ccc(F)c(F)c3F)cc2C1. The highest BCUT2D eigenvalue weighted by atomic mass is 19.2. The smallest absolute Gasteiger partial charge is 0.196 e. The molecule has 0 bridgehead atoms. The molecule has 0 unspecified atom stereocenters. The lowest BCUT2D eigenvalue weighted by Crippen LogP contribution is -2.07. The standard InChI is InChI=1S/C15H13F3N2/c1-20-7-9-2-3-11(6-10(9)8-20)19-13-5-4-12(16)14(17)15(13)18/h2-6,19H,7-8H2,1H3. The zero-order valence-electron chi connectivity index (χ0n) is 10.9. The molecule has 1 aliphatic heterocycles. The van der Waals surface area contributed by atoms with E-state index in [9.17, 15) is 13.2 Å². The van der Waals surface area contributed by atoms with E-state index in [4.69, 9.17) is 0 Å². The summed E-state index contributed by atoms with van der Waals surface area (Å²) in [5, 5.41) is 2.78. The lowest BCUT2D eigenvalue weighted by atomic mass is 10.1. The number of halogens is 3. The van der Waals surface area contributed by atoms with E-state index in [1.165, 1.54) is 11.6 Å². The van der Waals surface area contributed by atoms with Crippen molar-refractivity contribution in [3.8, 4) is 0 Å². The van der Waals surface area contributed by atoms with E-state index in [1.54, 1.807) is 6.07 Å². The van der Waals surface area contributed by atoms with E-state index >= 15 is 0 Å². The van der Waals surface area contributed by atoms with Gasteiger partial charge in [0.2, 0.25) is 0 Å². The molecule has 3 rings (SSSR count). The minimum Gasteiger partial charge on any atom is -0.353 e. The first-order valence-electron chi connectivity index (χ1n) is 6.25. The summed E-state index contributed by atoms with van der Waals surface area (Å²) in [5.74, 6) is -3.86. The van der Waals surface area contributed by atoms with Gasteiger partial charge in [-0.1, -0.05) is 6.07 Å². The predicted molar refractivity (Wildman–Crippen MR) is 71.2 cm³/mol. The summed E-state index contributed by atoms with van der Waals surface area (Å²) in [6, 6.07) is 7.76. The number of benzene rings is 2. The minimum absolute atomic E-state index is 0.0739. The molecule has 20 heavy (non-hydrogen) atoms. The molecule has 0 saturated carbocycles. The van der Waals surface area contributed by atoms with Crippen LogP contribution in [0, 0.1) is 17.5 Å². The molecule has 0 fully saturated rings. The molecule has 0 aromatic heterocycles. The fourth-order valence-corrected chi connectivity index (χ4v) is 2.42. The molecule has 0 aliphatic carbocycles. The zero-order valence-corrected chi connectivity index (χ0v) is 10.9. The van der Waals surface area contributed by atoms with E-state index in [-0.39, 0.29) is 5.69 Å². The van der Waals surface area contributed by atoms with Gasteiger partial charge in [0.15, 0.2) is 17.5 Å². The second kappa shape index (κ2) is 4.83. The zero-order chi connectivity index (χ0) is 14.3. The van der Waals surface area contributed by atoms with Crippen molar-refractivity contribution in [3.05, 3.63) is 58.9 Å². The van der Waals surface area contributed by atoms with Crippen molar-refractivity contribution in [1.29, 1.82) is 0 Å². The van der Waals surface area contributed by atoms with Gasteiger partial charge in [-0.05, 0) is 42.4 Å². The Kier molecular flexibility index (Phi) is 3.14. The normalized spacial score (nSPS) is 14.4. The van der Waals surface area contributed by atoms with Crippen molar-refractivity contribution in [1.82, 2.24) is 4.90 Å². The number of fused-ring (bicyclic) bond motifs is 1. The van der Waals surface area contributed by atoms with Gasteiger partial charge >= 0.3 is 0 Å². The molecule has 2 nitrogen and oxygen atoms in total. The van der Waals surface area contributed by atoms with Crippen LogP contribution in [0.25, 0.3) is 0 Å². The number of nitrogens with zero attached hydrogens (tertiary/aromatic N) is 1. The molecule has 0 radical (unpaired) electrons. The third-order valence-corrected chi connectivity index (χ3v) is 3.40. The van der Waals surface area contributed by atoms with Gasteiger partial charge in [0.05, 0.1) is 5.69 Å². The van der Waals surface area contributed by atoms with Gasteiger partial charge in [-0.2, -0.15) is 0 Å². The van der Waals surface area contributed by atoms with Crippen LogP contribution in [0.1, 0.15) is 11.1 Å². The third kappa shape index (κ3) is 2.25. The molecule has 0 amide bonds. The summed E-state index contributed by atoms with van der Waals surface area (Å²) in [4.78, 5) is 2.16. The van der Waals surface area contributed by atoms with E-state index in [2.05, 4.69) is 10.2 Å². The summed E-state index contributed by atoms with van der Waals surface area (Å²) < 4.78 is 39.6. The Labute approximate surface area is 114 Å². The van der Waals surface area contributed by atoms with Crippen LogP contribution in [-0.2, 0) is 13.1 Å². The summed E-state index contributed by atoms with van der Waals surface area (Å²) in [7, 11) is 2.02. The van der Waals surface area contributed by atoms with Gasteiger partial charge < -0.3 is 5.32 Å². The van der Waals surface area contributed by atoms with Gasteiger partial charge in [0.1, 0.15) is 0 Å². The fraction of sp³-hybridized carbons (Fsp3) is 0.200.